The van der Waals surface area contributed by atoms with E-state index in [0.29, 0.717) is 34.5 Å². The molecule has 1 N–H and O–H groups in total. The summed E-state index contributed by atoms with van der Waals surface area (Å²) in [5.41, 5.74) is 0. The van der Waals surface area contributed by atoms with E-state index in [1.807, 2.05) is 6.07 Å². The maximum atomic E-state index is 13.0. The molecule has 3 aromatic rings. The van der Waals surface area contributed by atoms with Crippen LogP contribution >= 0.6 is 34.5 Å². The van der Waals surface area contributed by atoms with Crippen molar-refractivity contribution in [1.82, 2.24) is 14.5 Å². The molecule has 1 unspecified atom stereocenters. The SMILES string of the molecule is O=C(Nc1nnc(Cc2ccc(Cl)s2)o1)C1CCCN1S(=O)(=O)c1ccc(Cl)cc1. The Morgan fingerprint density at radius 3 is 2.67 bits per heavy atom. The van der Waals surface area contributed by atoms with Crippen molar-refractivity contribution in [2.75, 3.05) is 11.9 Å². The Morgan fingerprint density at radius 1 is 1.20 bits per heavy atom. The van der Waals surface area contributed by atoms with Gasteiger partial charge in [-0.05, 0) is 49.2 Å². The third kappa shape index (κ3) is 4.52. The standard InChI is InChI=1S/C18H16Cl2N4O4S2/c19-11-3-6-13(7-4-11)30(26,27)24-9-1-2-14(24)17(25)21-18-23-22-16(28-18)10-12-5-8-15(20)29-12/h3-8,14H,1-2,9-10H2,(H,21,23,25). The minimum absolute atomic E-state index is 0.0756. The lowest BCUT2D eigenvalue weighted by Crippen LogP contribution is -2.43. The number of rotatable bonds is 6. The van der Waals surface area contributed by atoms with Crippen molar-refractivity contribution >= 4 is 56.5 Å². The number of nitrogens with one attached hydrogen (secondary N) is 1. The Kier molecular flexibility index (Phi) is 6.12. The van der Waals surface area contributed by atoms with Crippen molar-refractivity contribution in [2.24, 2.45) is 0 Å². The van der Waals surface area contributed by atoms with Crippen LogP contribution in [0.15, 0.2) is 45.7 Å². The van der Waals surface area contributed by atoms with E-state index in [4.69, 9.17) is 27.6 Å². The highest BCUT2D eigenvalue weighted by Crippen LogP contribution is 2.28. The van der Waals surface area contributed by atoms with Crippen LogP contribution in [0.4, 0.5) is 6.01 Å². The van der Waals surface area contributed by atoms with Crippen molar-refractivity contribution in [3.8, 4) is 0 Å². The summed E-state index contributed by atoms with van der Waals surface area (Å²) in [5, 5.41) is 10.7. The molecule has 1 amide bonds. The Morgan fingerprint density at radius 2 is 1.97 bits per heavy atom. The van der Waals surface area contributed by atoms with E-state index in [1.54, 1.807) is 6.07 Å². The first-order valence-electron chi connectivity index (χ1n) is 8.98. The van der Waals surface area contributed by atoms with Gasteiger partial charge in [0.15, 0.2) is 0 Å². The zero-order valence-corrected chi connectivity index (χ0v) is 18.6. The second-order valence-electron chi connectivity index (χ2n) is 6.60. The minimum atomic E-state index is -3.84. The summed E-state index contributed by atoms with van der Waals surface area (Å²) >= 11 is 13.2. The van der Waals surface area contributed by atoms with E-state index in [1.165, 1.54) is 39.9 Å². The number of thiophene rings is 1. The van der Waals surface area contributed by atoms with Gasteiger partial charge in [0.05, 0.1) is 15.7 Å². The van der Waals surface area contributed by atoms with Gasteiger partial charge in [0, 0.05) is 16.4 Å². The van der Waals surface area contributed by atoms with Gasteiger partial charge >= 0.3 is 6.01 Å². The van der Waals surface area contributed by atoms with Crippen LogP contribution < -0.4 is 5.32 Å². The minimum Gasteiger partial charge on any atom is -0.407 e. The Labute approximate surface area is 186 Å². The number of sulfonamides is 1. The van der Waals surface area contributed by atoms with Gasteiger partial charge in [-0.1, -0.05) is 28.3 Å². The number of hydrogen-bond donors (Lipinski definition) is 1. The number of hydrogen-bond acceptors (Lipinski definition) is 7. The third-order valence-electron chi connectivity index (χ3n) is 4.58. The smallest absolute Gasteiger partial charge is 0.322 e. The van der Waals surface area contributed by atoms with Crippen LogP contribution in [0.5, 0.6) is 0 Å². The van der Waals surface area contributed by atoms with Crippen LogP contribution in [0.2, 0.25) is 9.36 Å². The van der Waals surface area contributed by atoms with E-state index in [0.717, 1.165) is 4.88 Å². The molecule has 1 aromatic carbocycles. The maximum Gasteiger partial charge on any atom is 0.322 e. The van der Waals surface area contributed by atoms with Gasteiger partial charge in [0.1, 0.15) is 6.04 Å². The number of carbonyl (C=O) groups is 1. The molecule has 158 valence electrons. The number of halogens is 2. The van der Waals surface area contributed by atoms with Gasteiger partial charge in [-0.2, -0.15) is 4.31 Å². The first-order valence-corrected chi connectivity index (χ1v) is 12.0. The van der Waals surface area contributed by atoms with Crippen molar-refractivity contribution in [3.05, 3.63) is 56.5 Å². The van der Waals surface area contributed by atoms with Gasteiger partial charge in [0.25, 0.3) is 0 Å². The fourth-order valence-corrected chi connectivity index (χ4v) is 6.05. The molecule has 0 bridgehead atoms. The largest absolute Gasteiger partial charge is 0.407 e. The lowest BCUT2D eigenvalue weighted by Gasteiger charge is -2.22. The maximum absolute atomic E-state index is 13.0. The second-order valence-corrected chi connectivity index (χ2v) is 10.7. The molecule has 2 aromatic heterocycles. The summed E-state index contributed by atoms with van der Waals surface area (Å²) in [6.07, 6.45) is 1.35. The van der Waals surface area contributed by atoms with Crippen molar-refractivity contribution in [2.45, 2.75) is 30.2 Å². The third-order valence-corrected chi connectivity index (χ3v) is 7.98. The van der Waals surface area contributed by atoms with E-state index >= 15 is 0 Å². The topological polar surface area (TPSA) is 105 Å². The predicted molar refractivity (Wildman–Crippen MR) is 113 cm³/mol. The van der Waals surface area contributed by atoms with Crippen molar-refractivity contribution in [3.63, 3.8) is 0 Å². The summed E-state index contributed by atoms with van der Waals surface area (Å²) in [6.45, 7) is 0.247. The van der Waals surface area contributed by atoms with Crippen LogP contribution in [0.25, 0.3) is 0 Å². The lowest BCUT2D eigenvalue weighted by atomic mass is 10.2. The molecule has 12 heteroatoms. The Bertz CT molecular complexity index is 1160. The van der Waals surface area contributed by atoms with Crippen LogP contribution in [-0.4, -0.2) is 41.4 Å². The first kappa shape index (κ1) is 21.3. The number of amides is 1. The molecule has 30 heavy (non-hydrogen) atoms. The zero-order valence-electron chi connectivity index (χ0n) is 15.4. The molecular formula is C18H16Cl2N4O4S2. The summed E-state index contributed by atoms with van der Waals surface area (Å²) in [4.78, 5) is 13.8. The summed E-state index contributed by atoms with van der Waals surface area (Å²) < 4.78 is 33.2. The van der Waals surface area contributed by atoms with Gasteiger partial charge < -0.3 is 4.42 Å². The summed E-state index contributed by atoms with van der Waals surface area (Å²) in [6, 6.07) is 8.54. The Balaban J connectivity index is 1.46. The highest BCUT2D eigenvalue weighted by atomic mass is 35.5. The van der Waals surface area contributed by atoms with Gasteiger partial charge in [-0.3, -0.25) is 10.1 Å². The molecular weight excluding hydrogens is 471 g/mol. The molecule has 4 rings (SSSR count). The Hall–Kier alpha value is -1.98. The van der Waals surface area contributed by atoms with Crippen LogP contribution in [0.1, 0.15) is 23.6 Å². The van der Waals surface area contributed by atoms with E-state index < -0.39 is 22.0 Å². The van der Waals surface area contributed by atoms with Gasteiger partial charge in [-0.25, -0.2) is 8.42 Å². The van der Waals surface area contributed by atoms with E-state index in [2.05, 4.69) is 15.5 Å². The van der Waals surface area contributed by atoms with E-state index in [-0.39, 0.29) is 17.5 Å². The average molecular weight is 487 g/mol. The van der Waals surface area contributed by atoms with Gasteiger partial charge in [-0.15, -0.1) is 16.4 Å². The number of aromatic nitrogens is 2. The molecule has 0 radical (unpaired) electrons. The summed E-state index contributed by atoms with van der Waals surface area (Å²) in [5.74, 6) is -0.194. The van der Waals surface area contributed by atoms with Crippen molar-refractivity contribution in [1.29, 1.82) is 0 Å². The predicted octanol–water partition coefficient (Wildman–Crippen LogP) is 3.82. The average Bonchev–Trinajstić information content (AvgIpc) is 3.44. The molecule has 0 saturated carbocycles. The number of benzene rings is 1. The molecule has 1 aliphatic heterocycles. The molecule has 3 heterocycles. The molecule has 8 nitrogen and oxygen atoms in total. The monoisotopic (exact) mass is 486 g/mol. The molecule has 1 saturated heterocycles. The summed E-state index contributed by atoms with van der Waals surface area (Å²) in [7, 11) is -3.84. The number of carbonyl (C=O) groups excluding carboxylic acids is 1. The highest BCUT2D eigenvalue weighted by molar-refractivity contribution is 7.89. The number of anilines is 1. The number of nitrogens with zero attached hydrogens (tertiary/aromatic N) is 3. The second kappa shape index (κ2) is 8.64. The van der Waals surface area contributed by atoms with Crippen LogP contribution in [0.3, 0.4) is 0 Å². The quantitative estimate of drug-likeness (QED) is 0.567. The highest BCUT2D eigenvalue weighted by Gasteiger charge is 2.39. The van der Waals surface area contributed by atoms with Gasteiger partial charge in [0.2, 0.25) is 21.8 Å². The van der Waals surface area contributed by atoms with Crippen molar-refractivity contribution < 1.29 is 17.6 Å². The molecule has 1 fully saturated rings. The van der Waals surface area contributed by atoms with Crippen LogP contribution in [0, 0.1) is 0 Å². The fourth-order valence-electron chi connectivity index (χ4n) is 3.19. The lowest BCUT2D eigenvalue weighted by molar-refractivity contribution is -0.119. The normalized spacial score (nSPS) is 17.3. The first-order chi connectivity index (χ1) is 14.3. The zero-order chi connectivity index (χ0) is 21.3. The molecule has 0 spiro atoms. The molecule has 1 atom stereocenters. The molecule has 0 aliphatic carbocycles. The van der Waals surface area contributed by atoms with Crippen LogP contribution in [-0.2, 0) is 21.2 Å². The van der Waals surface area contributed by atoms with E-state index in [9.17, 15) is 13.2 Å². The fraction of sp³-hybridized carbons (Fsp3) is 0.278. The molecule has 1 aliphatic rings.